The molecule has 244 valence electrons. The van der Waals surface area contributed by atoms with Gasteiger partial charge in [0.25, 0.3) is 0 Å². The molecule has 4 heterocycles. The maximum Gasteiger partial charge on any atom is 0.417 e. The van der Waals surface area contributed by atoms with Crippen LogP contribution in [0.2, 0.25) is 0 Å². The van der Waals surface area contributed by atoms with Crippen molar-refractivity contribution in [2.45, 2.75) is 31.1 Å². The summed E-state index contributed by atoms with van der Waals surface area (Å²) in [6, 6.07) is 5.72. The van der Waals surface area contributed by atoms with E-state index in [0.717, 1.165) is 6.07 Å². The number of halogens is 4. The molecule has 11 nitrogen and oxygen atoms in total. The highest BCUT2D eigenvalue weighted by molar-refractivity contribution is 6.01. The van der Waals surface area contributed by atoms with E-state index in [2.05, 4.69) is 26.4 Å². The van der Waals surface area contributed by atoms with Crippen molar-refractivity contribution in [3.05, 3.63) is 46.9 Å². The number of benzene rings is 1. The van der Waals surface area contributed by atoms with Crippen molar-refractivity contribution in [3.63, 3.8) is 0 Å². The number of likely N-dealkylation sites (N-methyl/N-ethyl adjacent to an activating group) is 1. The Morgan fingerprint density at radius 2 is 2.02 bits per heavy atom. The number of amides is 2. The SMILES string of the molecule is C#CCOC(=O)N1CCN(CCN2CC[C@H](Nc3nc(C)cc(C(F)(F)F)c3C#N)C(=O)N(C)c3cccc(F)c32)CC12CNC2. The zero-order chi connectivity index (χ0) is 33.2. The first-order chi connectivity index (χ1) is 21.9. The van der Waals surface area contributed by atoms with Crippen molar-refractivity contribution < 1.29 is 31.9 Å². The third kappa shape index (κ3) is 6.38. The molecule has 1 aromatic heterocycles. The molecule has 1 spiro atoms. The molecule has 5 rings (SSSR count). The minimum atomic E-state index is -4.80. The van der Waals surface area contributed by atoms with Gasteiger partial charge in [0.15, 0.2) is 6.61 Å². The van der Waals surface area contributed by atoms with Crippen LogP contribution in [0.25, 0.3) is 0 Å². The fourth-order valence-electron chi connectivity index (χ4n) is 6.29. The smallest absolute Gasteiger partial charge is 0.417 e. The van der Waals surface area contributed by atoms with E-state index < -0.39 is 46.7 Å². The lowest BCUT2D eigenvalue weighted by Gasteiger charge is -2.55. The summed E-state index contributed by atoms with van der Waals surface area (Å²) in [5.74, 6) is 0.926. The van der Waals surface area contributed by atoms with Gasteiger partial charge in [0.1, 0.15) is 29.3 Å². The van der Waals surface area contributed by atoms with E-state index in [1.54, 1.807) is 17.0 Å². The number of terminal acetylenes is 1. The van der Waals surface area contributed by atoms with Gasteiger partial charge in [-0.1, -0.05) is 12.0 Å². The molecule has 0 saturated carbocycles. The van der Waals surface area contributed by atoms with Crippen LogP contribution in [0.1, 0.15) is 23.2 Å². The number of ether oxygens (including phenoxy) is 1. The number of hydrogen-bond acceptors (Lipinski definition) is 9. The van der Waals surface area contributed by atoms with Gasteiger partial charge >= 0.3 is 12.3 Å². The molecule has 2 saturated heterocycles. The monoisotopic (exact) mass is 642 g/mol. The number of para-hydroxylation sites is 1. The summed E-state index contributed by atoms with van der Waals surface area (Å²) < 4.78 is 61.8. The fraction of sp³-hybridized carbons (Fsp3) is 0.484. The molecular weight excluding hydrogens is 608 g/mol. The molecule has 0 aliphatic carbocycles. The lowest BCUT2D eigenvalue weighted by Crippen LogP contribution is -2.77. The standard InChI is InChI=1S/C31H34F4N8O3/c1-4-14-46-29(45)43-13-11-41(19-30(43)17-37-18-30)10-12-42-9-8-24(28(44)40(3)25-7-5-6-23(32)26(25)42)39-27-21(16-36)22(31(33,34)35)15-20(2)38-27/h1,5-7,15,24,37H,8-14,17-19H2,2-3H3,(H,38,39)/t24-/m0/s1. The second-order valence-corrected chi connectivity index (χ2v) is 11.6. The third-order valence-corrected chi connectivity index (χ3v) is 8.66. The molecule has 0 radical (unpaired) electrons. The quantitative estimate of drug-likeness (QED) is 0.363. The normalized spacial score (nSPS) is 19.8. The zero-order valence-electron chi connectivity index (χ0n) is 25.5. The van der Waals surface area contributed by atoms with Crippen LogP contribution in [0.4, 0.5) is 39.5 Å². The van der Waals surface area contributed by atoms with Gasteiger partial charge in [-0.05, 0) is 31.5 Å². The molecule has 1 atom stereocenters. The van der Waals surface area contributed by atoms with Crippen LogP contribution in [0.5, 0.6) is 0 Å². The van der Waals surface area contributed by atoms with Crippen LogP contribution in [-0.2, 0) is 15.7 Å². The van der Waals surface area contributed by atoms with Crippen molar-refractivity contribution >= 4 is 29.2 Å². The number of carbonyl (C=O) groups is 2. The number of anilines is 3. The van der Waals surface area contributed by atoms with Crippen LogP contribution in [0.3, 0.4) is 0 Å². The Kier molecular flexibility index (Phi) is 9.28. The van der Waals surface area contributed by atoms with E-state index in [0.29, 0.717) is 51.5 Å². The van der Waals surface area contributed by atoms with Crippen LogP contribution in [0.15, 0.2) is 24.3 Å². The number of rotatable bonds is 6. The van der Waals surface area contributed by atoms with E-state index in [1.807, 2.05) is 4.90 Å². The first-order valence-corrected chi connectivity index (χ1v) is 14.8. The van der Waals surface area contributed by atoms with Crippen molar-refractivity contribution in [2.24, 2.45) is 0 Å². The van der Waals surface area contributed by atoms with Crippen molar-refractivity contribution in [3.8, 4) is 18.4 Å². The average molecular weight is 643 g/mol. The number of hydrogen-bond donors (Lipinski definition) is 2. The molecule has 46 heavy (non-hydrogen) atoms. The van der Waals surface area contributed by atoms with Gasteiger partial charge in [-0.15, -0.1) is 6.42 Å². The molecule has 2 amide bonds. The van der Waals surface area contributed by atoms with E-state index in [1.165, 1.54) is 31.0 Å². The fourth-order valence-corrected chi connectivity index (χ4v) is 6.29. The van der Waals surface area contributed by atoms with Crippen LogP contribution >= 0.6 is 0 Å². The van der Waals surface area contributed by atoms with Crippen LogP contribution in [-0.4, -0.2) is 104 Å². The molecule has 15 heteroatoms. The highest BCUT2D eigenvalue weighted by Gasteiger charge is 2.49. The number of aromatic nitrogens is 1. The second kappa shape index (κ2) is 13.0. The number of piperazine rings is 1. The molecule has 2 N–H and O–H groups in total. The molecule has 2 aromatic rings. The summed E-state index contributed by atoms with van der Waals surface area (Å²) in [7, 11) is 1.47. The Hall–Kier alpha value is -4.60. The van der Waals surface area contributed by atoms with Crippen LogP contribution < -0.4 is 20.4 Å². The predicted octanol–water partition coefficient (Wildman–Crippen LogP) is 2.80. The minimum absolute atomic E-state index is 0.0263. The number of nitriles is 1. The van der Waals surface area contributed by atoms with Gasteiger partial charge in [0, 0.05) is 65.1 Å². The number of nitrogens with zero attached hydrogens (tertiary/aromatic N) is 6. The van der Waals surface area contributed by atoms with E-state index >= 15 is 4.39 Å². The van der Waals surface area contributed by atoms with E-state index in [-0.39, 0.29) is 36.8 Å². The molecule has 0 unspecified atom stereocenters. The van der Waals surface area contributed by atoms with Gasteiger partial charge in [-0.3, -0.25) is 14.6 Å². The lowest BCUT2D eigenvalue weighted by atomic mass is 9.87. The largest absolute Gasteiger partial charge is 0.436 e. The number of nitrogens with one attached hydrogen (secondary N) is 2. The van der Waals surface area contributed by atoms with Gasteiger partial charge in [0.05, 0.1) is 22.5 Å². The maximum absolute atomic E-state index is 15.4. The van der Waals surface area contributed by atoms with E-state index in [4.69, 9.17) is 11.2 Å². The van der Waals surface area contributed by atoms with Crippen molar-refractivity contribution in [1.82, 2.24) is 20.1 Å². The number of aryl methyl sites for hydroxylation is 1. The summed E-state index contributed by atoms with van der Waals surface area (Å²) in [6.45, 7) is 5.00. The third-order valence-electron chi connectivity index (χ3n) is 8.66. The zero-order valence-corrected chi connectivity index (χ0v) is 25.5. The Morgan fingerprint density at radius 1 is 1.26 bits per heavy atom. The number of pyridine rings is 1. The predicted molar refractivity (Wildman–Crippen MR) is 162 cm³/mol. The number of carbonyl (C=O) groups excluding carboxylic acids is 2. The van der Waals surface area contributed by atoms with Crippen LogP contribution in [0, 0.1) is 36.4 Å². The van der Waals surface area contributed by atoms with Crippen molar-refractivity contribution in [1.29, 1.82) is 5.26 Å². The van der Waals surface area contributed by atoms with Gasteiger partial charge in [-0.2, -0.15) is 18.4 Å². The highest BCUT2D eigenvalue weighted by atomic mass is 19.4. The Morgan fingerprint density at radius 3 is 2.67 bits per heavy atom. The van der Waals surface area contributed by atoms with Gasteiger partial charge in [-0.25, -0.2) is 14.2 Å². The van der Waals surface area contributed by atoms with E-state index in [9.17, 15) is 28.0 Å². The Balaban J connectivity index is 1.37. The Bertz CT molecular complexity index is 1580. The first kappa shape index (κ1) is 32.8. The lowest BCUT2D eigenvalue weighted by molar-refractivity contribution is -0.137. The van der Waals surface area contributed by atoms with Crippen molar-refractivity contribution in [2.75, 3.05) is 81.1 Å². The number of alkyl halides is 3. The average Bonchev–Trinajstić information content (AvgIpc) is 3.00. The minimum Gasteiger partial charge on any atom is -0.436 e. The first-order valence-electron chi connectivity index (χ1n) is 14.8. The second-order valence-electron chi connectivity index (χ2n) is 11.6. The summed E-state index contributed by atoms with van der Waals surface area (Å²) in [5, 5.41) is 15.6. The molecule has 3 aliphatic rings. The Labute approximate surface area is 264 Å². The maximum atomic E-state index is 15.4. The molecule has 0 bridgehead atoms. The highest BCUT2D eigenvalue weighted by Crippen LogP contribution is 2.37. The molecule has 3 aliphatic heterocycles. The topological polar surface area (TPSA) is 117 Å². The molecular formula is C31H34F4N8O3. The van der Waals surface area contributed by atoms with Gasteiger partial charge in [0.2, 0.25) is 5.91 Å². The molecule has 2 fully saturated rings. The summed E-state index contributed by atoms with van der Waals surface area (Å²) in [6.07, 6.45) is 0.0641. The summed E-state index contributed by atoms with van der Waals surface area (Å²) in [4.78, 5) is 37.4. The summed E-state index contributed by atoms with van der Waals surface area (Å²) in [5.41, 5.74) is -1.75. The summed E-state index contributed by atoms with van der Waals surface area (Å²) >= 11 is 0. The van der Waals surface area contributed by atoms with Gasteiger partial charge < -0.3 is 25.2 Å². The molecule has 1 aromatic carbocycles. The number of fused-ring (bicyclic) bond motifs is 1.